The maximum atomic E-state index is 8.67. The van der Waals surface area contributed by atoms with Gasteiger partial charge in [0.15, 0.2) is 0 Å². The predicted molar refractivity (Wildman–Crippen MR) is 66.5 cm³/mol. The third kappa shape index (κ3) is 2.59. The van der Waals surface area contributed by atoms with Crippen molar-refractivity contribution in [2.75, 3.05) is 0 Å². The largest absolute Gasteiger partial charge is 0.192 e. The lowest BCUT2D eigenvalue weighted by atomic mass is 10.1. The smallest absolute Gasteiger partial charge is 0.0991 e. The zero-order valence-corrected chi connectivity index (χ0v) is 8.80. The molecule has 0 aliphatic heterocycles. The van der Waals surface area contributed by atoms with Gasteiger partial charge in [-0.15, -0.1) is 0 Å². The highest BCUT2D eigenvalue weighted by atomic mass is 14.2. The van der Waals surface area contributed by atoms with Crippen LogP contribution in [0.15, 0.2) is 54.6 Å². The van der Waals surface area contributed by atoms with Crippen LogP contribution in [-0.4, -0.2) is 0 Å². The lowest BCUT2D eigenvalue weighted by Crippen LogP contribution is -1.75. The molecule has 0 atom stereocenters. The Hall–Kier alpha value is -2.33. The molecule has 1 heteroatoms. The second-order valence-corrected chi connectivity index (χ2v) is 3.48. The fourth-order valence-electron chi connectivity index (χ4n) is 1.43. The van der Waals surface area contributed by atoms with Gasteiger partial charge in [-0.1, -0.05) is 54.6 Å². The Morgan fingerprint density at radius 2 is 1.31 bits per heavy atom. The van der Waals surface area contributed by atoms with Gasteiger partial charge in [0.25, 0.3) is 0 Å². The van der Waals surface area contributed by atoms with Crippen molar-refractivity contribution in [1.82, 2.24) is 0 Å². The highest BCUT2D eigenvalue weighted by Gasteiger charge is 1.89. The van der Waals surface area contributed by atoms with Gasteiger partial charge < -0.3 is 0 Å². The third-order valence-electron chi connectivity index (χ3n) is 2.31. The van der Waals surface area contributed by atoms with Crippen molar-refractivity contribution in [2.24, 2.45) is 0 Å². The topological polar surface area (TPSA) is 23.8 Å². The van der Waals surface area contributed by atoms with E-state index in [0.29, 0.717) is 5.56 Å². The number of nitriles is 1. The molecule has 2 aromatic rings. The van der Waals surface area contributed by atoms with Gasteiger partial charge in [0.05, 0.1) is 11.6 Å². The van der Waals surface area contributed by atoms with E-state index in [-0.39, 0.29) is 0 Å². The van der Waals surface area contributed by atoms with Gasteiger partial charge in [-0.2, -0.15) is 5.26 Å². The van der Waals surface area contributed by atoms with Crippen LogP contribution in [0.3, 0.4) is 0 Å². The predicted octanol–water partition coefficient (Wildman–Crippen LogP) is 3.73. The fourth-order valence-corrected chi connectivity index (χ4v) is 1.43. The number of hydrogen-bond donors (Lipinski definition) is 0. The molecular formula is C15H11N. The molecule has 0 aliphatic carbocycles. The van der Waals surface area contributed by atoms with E-state index in [0.717, 1.165) is 5.56 Å². The first-order valence-corrected chi connectivity index (χ1v) is 5.12. The highest BCUT2D eigenvalue weighted by Crippen LogP contribution is 2.09. The second-order valence-electron chi connectivity index (χ2n) is 3.48. The van der Waals surface area contributed by atoms with Crippen molar-refractivity contribution in [3.63, 3.8) is 0 Å². The van der Waals surface area contributed by atoms with E-state index in [1.807, 2.05) is 48.5 Å². The van der Waals surface area contributed by atoms with Crippen molar-refractivity contribution in [2.45, 2.75) is 0 Å². The molecule has 0 heterocycles. The van der Waals surface area contributed by atoms with Gasteiger partial charge in [0, 0.05) is 0 Å². The first-order chi connectivity index (χ1) is 7.88. The van der Waals surface area contributed by atoms with Crippen LogP contribution in [0.25, 0.3) is 12.2 Å². The van der Waals surface area contributed by atoms with Crippen molar-refractivity contribution < 1.29 is 0 Å². The molecule has 0 saturated heterocycles. The molecule has 0 aliphatic rings. The second kappa shape index (κ2) is 4.95. The van der Waals surface area contributed by atoms with Gasteiger partial charge in [-0.25, -0.2) is 0 Å². The van der Waals surface area contributed by atoms with Crippen LogP contribution in [0.1, 0.15) is 16.7 Å². The average molecular weight is 205 g/mol. The van der Waals surface area contributed by atoms with Crippen molar-refractivity contribution in [3.05, 3.63) is 71.3 Å². The van der Waals surface area contributed by atoms with Crippen molar-refractivity contribution >= 4 is 12.2 Å². The standard InChI is InChI=1S/C15H11N/c16-12-15-10-8-14(9-11-15)7-6-13-4-2-1-3-5-13/h1-11H/b7-6+. The normalized spacial score (nSPS) is 10.2. The van der Waals surface area contributed by atoms with E-state index >= 15 is 0 Å². The van der Waals surface area contributed by atoms with E-state index in [1.165, 1.54) is 5.56 Å². The zero-order valence-electron chi connectivity index (χ0n) is 8.80. The zero-order chi connectivity index (χ0) is 11.2. The molecule has 0 aromatic heterocycles. The Balaban J connectivity index is 2.15. The summed E-state index contributed by atoms with van der Waals surface area (Å²) in [6.45, 7) is 0. The number of hydrogen-bond acceptors (Lipinski definition) is 1. The number of rotatable bonds is 2. The summed E-state index contributed by atoms with van der Waals surface area (Å²) < 4.78 is 0. The molecule has 0 spiro atoms. The van der Waals surface area contributed by atoms with Crippen LogP contribution in [0.2, 0.25) is 0 Å². The molecule has 0 fully saturated rings. The SMILES string of the molecule is N#Cc1ccc(/C=C/c2ccccc2)cc1. The van der Waals surface area contributed by atoms with Crippen LogP contribution in [0.5, 0.6) is 0 Å². The molecule has 2 rings (SSSR count). The Bertz CT molecular complexity index is 516. The monoisotopic (exact) mass is 205 g/mol. The summed E-state index contributed by atoms with van der Waals surface area (Å²) >= 11 is 0. The van der Waals surface area contributed by atoms with Crippen LogP contribution >= 0.6 is 0 Å². The molecule has 0 N–H and O–H groups in total. The quantitative estimate of drug-likeness (QED) is 0.685. The number of nitrogens with zero attached hydrogens (tertiary/aromatic N) is 1. The van der Waals surface area contributed by atoms with Crippen LogP contribution < -0.4 is 0 Å². The number of benzene rings is 2. The third-order valence-corrected chi connectivity index (χ3v) is 2.31. The van der Waals surface area contributed by atoms with E-state index < -0.39 is 0 Å². The van der Waals surface area contributed by atoms with E-state index in [4.69, 9.17) is 5.26 Å². The van der Waals surface area contributed by atoms with Crippen LogP contribution in [-0.2, 0) is 0 Å². The van der Waals surface area contributed by atoms with Gasteiger partial charge >= 0.3 is 0 Å². The Labute approximate surface area is 95.3 Å². The van der Waals surface area contributed by atoms with Crippen LogP contribution in [0, 0.1) is 11.3 Å². The molecule has 2 aromatic carbocycles. The molecule has 1 nitrogen and oxygen atoms in total. The summed E-state index contributed by atoms with van der Waals surface area (Å²) in [6.07, 6.45) is 4.10. The lowest BCUT2D eigenvalue weighted by Gasteiger charge is -1.94. The Morgan fingerprint density at radius 1 is 0.750 bits per heavy atom. The first kappa shape index (κ1) is 10.2. The molecule has 0 bridgehead atoms. The summed E-state index contributed by atoms with van der Waals surface area (Å²) in [5.74, 6) is 0. The lowest BCUT2D eigenvalue weighted by molar-refractivity contribution is 1.48. The molecule has 0 unspecified atom stereocenters. The molecule has 76 valence electrons. The summed E-state index contributed by atoms with van der Waals surface area (Å²) in [5, 5.41) is 8.67. The van der Waals surface area contributed by atoms with Crippen molar-refractivity contribution in [3.8, 4) is 6.07 Å². The maximum Gasteiger partial charge on any atom is 0.0991 e. The summed E-state index contributed by atoms with van der Waals surface area (Å²) in [6, 6.07) is 19.8. The van der Waals surface area contributed by atoms with Gasteiger partial charge in [0.1, 0.15) is 0 Å². The molecule has 0 saturated carbocycles. The van der Waals surface area contributed by atoms with Gasteiger partial charge in [-0.05, 0) is 23.3 Å². The minimum Gasteiger partial charge on any atom is -0.192 e. The summed E-state index contributed by atoms with van der Waals surface area (Å²) in [4.78, 5) is 0. The van der Waals surface area contributed by atoms with Crippen LogP contribution in [0.4, 0.5) is 0 Å². The van der Waals surface area contributed by atoms with E-state index in [1.54, 1.807) is 0 Å². The van der Waals surface area contributed by atoms with E-state index in [2.05, 4.69) is 24.3 Å². The molecule has 16 heavy (non-hydrogen) atoms. The van der Waals surface area contributed by atoms with E-state index in [9.17, 15) is 0 Å². The molecule has 0 radical (unpaired) electrons. The first-order valence-electron chi connectivity index (χ1n) is 5.12. The maximum absolute atomic E-state index is 8.67. The average Bonchev–Trinajstić information content (AvgIpc) is 2.38. The van der Waals surface area contributed by atoms with Crippen molar-refractivity contribution in [1.29, 1.82) is 5.26 Å². The molecular weight excluding hydrogens is 194 g/mol. The Morgan fingerprint density at radius 3 is 1.88 bits per heavy atom. The minimum atomic E-state index is 0.692. The highest BCUT2D eigenvalue weighted by molar-refractivity contribution is 5.69. The van der Waals surface area contributed by atoms with Gasteiger partial charge in [-0.3, -0.25) is 0 Å². The Kier molecular flexibility index (Phi) is 3.15. The summed E-state index contributed by atoms with van der Waals surface area (Å²) in [7, 11) is 0. The molecule has 0 amide bonds. The summed E-state index contributed by atoms with van der Waals surface area (Å²) in [5.41, 5.74) is 2.96. The van der Waals surface area contributed by atoms with Gasteiger partial charge in [0.2, 0.25) is 0 Å². The minimum absolute atomic E-state index is 0.692. The fraction of sp³-hybridized carbons (Fsp3) is 0.